The number of Topliss-reactive ketones (excluding diaryl/α,β-unsaturated/α-hetero) is 1. The molecule has 0 aromatic heterocycles. The number of hydrogen-bond acceptors (Lipinski definition) is 3. The zero-order valence-corrected chi connectivity index (χ0v) is 10.1. The highest BCUT2D eigenvalue weighted by Crippen LogP contribution is 2.32. The Kier molecular flexibility index (Phi) is 3.17. The summed E-state index contributed by atoms with van der Waals surface area (Å²) in [5, 5.41) is 2.80. The van der Waals surface area contributed by atoms with Crippen molar-refractivity contribution in [1.82, 2.24) is 10.2 Å². The second-order valence-corrected chi connectivity index (χ2v) is 5.02. The van der Waals surface area contributed by atoms with Crippen LogP contribution in [0.4, 0.5) is 4.79 Å². The first-order valence-corrected chi connectivity index (χ1v) is 6.19. The van der Waals surface area contributed by atoms with Crippen molar-refractivity contribution in [1.29, 1.82) is 0 Å². The number of nitrogens with one attached hydrogen (secondary N) is 1. The first-order valence-electron chi connectivity index (χ1n) is 6.19. The van der Waals surface area contributed by atoms with Crippen LogP contribution >= 0.6 is 0 Å². The van der Waals surface area contributed by atoms with Crippen LogP contribution < -0.4 is 5.32 Å². The van der Waals surface area contributed by atoms with Crippen molar-refractivity contribution in [2.24, 2.45) is 0 Å². The van der Waals surface area contributed by atoms with Crippen molar-refractivity contribution in [3.05, 3.63) is 0 Å². The third kappa shape index (κ3) is 2.18. The summed E-state index contributed by atoms with van der Waals surface area (Å²) in [7, 11) is 0. The summed E-state index contributed by atoms with van der Waals surface area (Å²) >= 11 is 0. The Morgan fingerprint density at radius 3 is 2.35 bits per heavy atom. The van der Waals surface area contributed by atoms with Gasteiger partial charge in [-0.1, -0.05) is 25.7 Å². The lowest BCUT2D eigenvalue weighted by molar-refractivity contribution is -0.134. The minimum absolute atomic E-state index is 0.105. The second kappa shape index (κ2) is 4.47. The highest BCUT2D eigenvalue weighted by Gasteiger charge is 2.50. The summed E-state index contributed by atoms with van der Waals surface area (Å²) in [6.07, 6.45) is 5.53. The van der Waals surface area contributed by atoms with Crippen LogP contribution in [-0.4, -0.2) is 34.7 Å². The number of nitrogens with zero attached hydrogens (tertiary/aromatic N) is 1. The molecule has 1 aliphatic carbocycles. The Balaban J connectivity index is 2.18. The molecule has 1 saturated carbocycles. The molecule has 1 N–H and O–H groups in total. The molecule has 94 valence electrons. The smallest absolute Gasteiger partial charge is 0.323 e. The van der Waals surface area contributed by atoms with Crippen LogP contribution in [-0.2, 0) is 9.59 Å². The Labute approximate surface area is 101 Å². The van der Waals surface area contributed by atoms with E-state index in [1.165, 1.54) is 6.92 Å². The maximum absolute atomic E-state index is 12.3. The van der Waals surface area contributed by atoms with E-state index in [2.05, 4.69) is 5.32 Å². The number of carbonyl (C=O) groups excluding carboxylic acids is 3. The zero-order chi connectivity index (χ0) is 12.5. The lowest BCUT2D eigenvalue weighted by atomic mass is 9.90. The van der Waals surface area contributed by atoms with E-state index in [0.717, 1.165) is 30.6 Å². The molecule has 5 heteroatoms. The van der Waals surface area contributed by atoms with Crippen LogP contribution in [0.15, 0.2) is 0 Å². The van der Waals surface area contributed by atoms with Gasteiger partial charge in [0, 0.05) is 0 Å². The number of imide groups is 1. The predicted octanol–water partition coefficient (Wildman–Crippen LogP) is 1.22. The van der Waals surface area contributed by atoms with E-state index >= 15 is 0 Å². The van der Waals surface area contributed by atoms with E-state index < -0.39 is 11.6 Å². The van der Waals surface area contributed by atoms with Crippen LogP contribution in [0, 0.1) is 0 Å². The number of urea groups is 1. The van der Waals surface area contributed by atoms with Crippen molar-refractivity contribution in [2.75, 3.05) is 6.54 Å². The molecule has 0 radical (unpaired) electrons. The van der Waals surface area contributed by atoms with Crippen LogP contribution in [0.25, 0.3) is 0 Å². The van der Waals surface area contributed by atoms with E-state index in [1.807, 2.05) is 0 Å². The third-order valence-electron chi connectivity index (χ3n) is 3.58. The minimum atomic E-state index is -0.719. The number of amides is 3. The fraction of sp³-hybridized carbons (Fsp3) is 0.750. The van der Waals surface area contributed by atoms with Gasteiger partial charge in [0.15, 0.2) is 0 Å². The first kappa shape index (κ1) is 12.1. The summed E-state index contributed by atoms with van der Waals surface area (Å²) in [4.78, 5) is 36.1. The first-order chi connectivity index (χ1) is 8.05. The summed E-state index contributed by atoms with van der Waals surface area (Å²) in [6.45, 7) is 1.28. The highest BCUT2D eigenvalue weighted by molar-refractivity contribution is 6.09. The van der Waals surface area contributed by atoms with Crippen molar-refractivity contribution in [3.8, 4) is 0 Å². The lowest BCUT2D eigenvalue weighted by Gasteiger charge is -2.24. The van der Waals surface area contributed by atoms with E-state index in [0.29, 0.717) is 12.8 Å². The lowest BCUT2D eigenvalue weighted by Crippen LogP contribution is -2.46. The molecule has 0 aromatic rings. The fourth-order valence-corrected chi connectivity index (χ4v) is 2.71. The van der Waals surface area contributed by atoms with E-state index in [4.69, 9.17) is 0 Å². The number of hydrogen-bond donors (Lipinski definition) is 1. The van der Waals surface area contributed by atoms with Gasteiger partial charge in [0.2, 0.25) is 0 Å². The third-order valence-corrected chi connectivity index (χ3v) is 3.58. The van der Waals surface area contributed by atoms with Gasteiger partial charge in [-0.25, -0.2) is 4.79 Å². The van der Waals surface area contributed by atoms with Gasteiger partial charge in [0.25, 0.3) is 5.91 Å². The molecule has 1 spiro atoms. The Morgan fingerprint density at radius 1 is 1.24 bits per heavy atom. The van der Waals surface area contributed by atoms with Gasteiger partial charge in [-0.05, 0) is 19.8 Å². The molecular formula is C12H18N2O3. The second-order valence-electron chi connectivity index (χ2n) is 5.02. The van der Waals surface area contributed by atoms with Gasteiger partial charge in [0.05, 0.1) is 6.54 Å². The molecule has 17 heavy (non-hydrogen) atoms. The Morgan fingerprint density at radius 2 is 1.82 bits per heavy atom. The van der Waals surface area contributed by atoms with Crippen LogP contribution in [0.1, 0.15) is 45.4 Å². The molecule has 1 saturated heterocycles. The number of rotatable bonds is 2. The topological polar surface area (TPSA) is 66.5 Å². The van der Waals surface area contributed by atoms with Crippen molar-refractivity contribution in [3.63, 3.8) is 0 Å². The molecule has 2 aliphatic rings. The summed E-state index contributed by atoms with van der Waals surface area (Å²) in [6, 6.07) is -0.410. The molecule has 1 heterocycles. The van der Waals surface area contributed by atoms with Gasteiger partial charge in [-0.3, -0.25) is 14.5 Å². The Hall–Kier alpha value is -1.39. The average Bonchev–Trinajstić information content (AvgIpc) is 2.48. The van der Waals surface area contributed by atoms with E-state index in [1.54, 1.807) is 0 Å². The monoisotopic (exact) mass is 238 g/mol. The summed E-state index contributed by atoms with van der Waals surface area (Å²) in [5.41, 5.74) is -0.719. The molecule has 0 aromatic carbocycles. The number of carbonyl (C=O) groups is 3. The van der Waals surface area contributed by atoms with E-state index in [-0.39, 0.29) is 18.2 Å². The van der Waals surface area contributed by atoms with Gasteiger partial charge >= 0.3 is 6.03 Å². The molecule has 0 unspecified atom stereocenters. The molecule has 2 fully saturated rings. The summed E-state index contributed by atoms with van der Waals surface area (Å²) in [5.74, 6) is -0.376. The van der Waals surface area contributed by atoms with Crippen molar-refractivity contribution < 1.29 is 14.4 Å². The van der Waals surface area contributed by atoms with Crippen molar-refractivity contribution in [2.45, 2.75) is 51.0 Å². The van der Waals surface area contributed by atoms with Gasteiger partial charge in [-0.2, -0.15) is 0 Å². The maximum atomic E-state index is 12.3. The molecule has 3 amide bonds. The summed E-state index contributed by atoms with van der Waals surface area (Å²) < 4.78 is 0. The van der Waals surface area contributed by atoms with Gasteiger partial charge in [-0.15, -0.1) is 0 Å². The molecule has 2 rings (SSSR count). The maximum Gasteiger partial charge on any atom is 0.325 e. The predicted molar refractivity (Wildman–Crippen MR) is 61.4 cm³/mol. The van der Waals surface area contributed by atoms with Crippen molar-refractivity contribution >= 4 is 17.7 Å². The fourth-order valence-electron chi connectivity index (χ4n) is 2.71. The molecule has 0 bridgehead atoms. The Bertz CT molecular complexity index is 357. The number of ketones is 1. The van der Waals surface area contributed by atoms with Crippen LogP contribution in [0.5, 0.6) is 0 Å². The molecule has 1 aliphatic heterocycles. The normalized spacial score (nSPS) is 23.7. The highest BCUT2D eigenvalue weighted by atomic mass is 16.2. The quantitative estimate of drug-likeness (QED) is 0.735. The van der Waals surface area contributed by atoms with Gasteiger partial charge < -0.3 is 5.32 Å². The minimum Gasteiger partial charge on any atom is -0.323 e. The van der Waals surface area contributed by atoms with Gasteiger partial charge in [0.1, 0.15) is 11.3 Å². The molecular weight excluding hydrogens is 220 g/mol. The van der Waals surface area contributed by atoms with Crippen LogP contribution in [0.2, 0.25) is 0 Å². The van der Waals surface area contributed by atoms with E-state index in [9.17, 15) is 14.4 Å². The molecule has 0 atom stereocenters. The largest absolute Gasteiger partial charge is 0.325 e. The average molecular weight is 238 g/mol. The SMILES string of the molecule is CC(=O)CN1C(=O)NC2(CCCCCC2)C1=O. The molecule has 5 nitrogen and oxygen atoms in total. The van der Waals surface area contributed by atoms with Crippen LogP contribution in [0.3, 0.4) is 0 Å². The zero-order valence-electron chi connectivity index (χ0n) is 10.1. The standard InChI is InChI=1S/C12H18N2O3/c1-9(15)8-14-10(16)12(13-11(14)17)6-4-2-3-5-7-12/h2-8H2,1H3,(H,13,17).